The zero-order valence-electron chi connectivity index (χ0n) is 10.1. The van der Waals surface area contributed by atoms with Crippen LogP contribution in [-0.4, -0.2) is 15.0 Å². The number of benzene rings is 1. The number of terminal acetylenes is 1. The fourth-order valence-electron chi connectivity index (χ4n) is 1.39. The average Bonchev–Trinajstić information content (AvgIpc) is 2.33. The van der Waals surface area contributed by atoms with Gasteiger partial charge < -0.3 is 5.73 Å². The standard InChI is InChI=1S/C12H14BrFN2O2S/c1-2-3-4-5-6-16-19(17,18)12-8-11(15)10(14)7-9(12)13/h1,7-8,16H,3-6,15H2. The van der Waals surface area contributed by atoms with Gasteiger partial charge in [-0.05, 0) is 40.9 Å². The summed E-state index contributed by atoms with van der Waals surface area (Å²) in [6, 6.07) is 2.12. The monoisotopic (exact) mass is 348 g/mol. The Morgan fingerprint density at radius 1 is 1.42 bits per heavy atom. The first-order valence-electron chi connectivity index (χ1n) is 5.56. The molecule has 0 bridgehead atoms. The Bertz CT molecular complexity index is 596. The van der Waals surface area contributed by atoms with Crippen LogP contribution in [-0.2, 0) is 10.0 Å². The summed E-state index contributed by atoms with van der Waals surface area (Å²) in [5, 5.41) is 0. The van der Waals surface area contributed by atoms with Crippen LogP contribution < -0.4 is 10.5 Å². The zero-order chi connectivity index (χ0) is 14.5. The molecule has 0 atom stereocenters. The highest BCUT2D eigenvalue weighted by atomic mass is 79.9. The van der Waals surface area contributed by atoms with Crippen molar-refractivity contribution in [3.8, 4) is 12.3 Å². The highest BCUT2D eigenvalue weighted by molar-refractivity contribution is 9.10. The summed E-state index contributed by atoms with van der Waals surface area (Å²) in [6.45, 7) is 0.272. The Morgan fingerprint density at radius 3 is 2.74 bits per heavy atom. The Labute approximate surface area is 120 Å². The molecule has 4 nitrogen and oxygen atoms in total. The van der Waals surface area contributed by atoms with Crippen molar-refractivity contribution < 1.29 is 12.8 Å². The Morgan fingerprint density at radius 2 is 2.11 bits per heavy atom. The van der Waals surface area contributed by atoms with E-state index in [1.807, 2.05) is 0 Å². The Hall–Kier alpha value is -1.10. The molecular weight excluding hydrogens is 335 g/mol. The second kappa shape index (κ2) is 6.89. The molecule has 0 fully saturated rings. The van der Waals surface area contributed by atoms with Crippen molar-refractivity contribution >= 4 is 31.6 Å². The minimum Gasteiger partial charge on any atom is -0.396 e. The molecule has 1 aromatic rings. The van der Waals surface area contributed by atoms with E-state index in [2.05, 4.69) is 26.6 Å². The van der Waals surface area contributed by atoms with Crippen molar-refractivity contribution in [1.82, 2.24) is 4.72 Å². The van der Waals surface area contributed by atoms with Crippen LogP contribution in [0.5, 0.6) is 0 Å². The summed E-state index contributed by atoms with van der Waals surface area (Å²) < 4.78 is 39.7. The molecule has 0 unspecified atom stereocenters. The number of nitrogens with one attached hydrogen (secondary N) is 1. The molecule has 0 heterocycles. The third kappa shape index (κ3) is 4.49. The minimum absolute atomic E-state index is 0.0802. The molecule has 0 aliphatic rings. The lowest BCUT2D eigenvalue weighted by Gasteiger charge is -2.09. The van der Waals surface area contributed by atoms with E-state index in [1.165, 1.54) is 0 Å². The molecular formula is C12H14BrFN2O2S. The van der Waals surface area contributed by atoms with Crippen LogP contribution in [0.2, 0.25) is 0 Å². The summed E-state index contributed by atoms with van der Waals surface area (Å²) >= 11 is 3.01. The number of sulfonamides is 1. The molecule has 1 rings (SSSR count). The van der Waals surface area contributed by atoms with Gasteiger partial charge in [0.2, 0.25) is 10.0 Å². The van der Waals surface area contributed by atoms with E-state index in [9.17, 15) is 12.8 Å². The van der Waals surface area contributed by atoms with Gasteiger partial charge in [0.25, 0.3) is 0 Å². The largest absolute Gasteiger partial charge is 0.396 e. The Kier molecular flexibility index (Phi) is 5.79. The molecule has 104 valence electrons. The predicted molar refractivity (Wildman–Crippen MR) is 76.4 cm³/mol. The summed E-state index contributed by atoms with van der Waals surface area (Å²) in [7, 11) is -3.71. The lowest BCUT2D eigenvalue weighted by molar-refractivity contribution is 0.576. The van der Waals surface area contributed by atoms with Crippen molar-refractivity contribution in [2.24, 2.45) is 0 Å². The second-order valence-electron chi connectivity index (χ2n) is 3.86. The normalized spacial score (nSPS) is 11.2. The van der Waals surface area contributed by atoms with Crippen LogP contribution in [0.1, 0.15) is 19.3 Å². The molecule has 1 aromatic carbocycles. The number of hydrogen-bond acceptors (Lipinski definition) is 3. The van der Waals surface area contributed by atoms with Gasteiger partial charge in [-0.25, -0.2) is 17.5 Å². The lowest BCUT2D eigenvalue weighted by atomic mass is 10.2. The first-order chi connectivity index (χ1) is 8.88. The maximum absolute atomic E-state index is 13.2. The molecule has 0 radical (unpaired) electrons. The topological polar surface area (TPSA) is 72.2 Å². The van der Waals surface area contributed by atoms with E-state index in [1.54, 1.807) is 0 Å². The molecule has 0 aliphatic carbocycles. The third-order valence-corrected chi connectivity index (χ3v) is 4.80. The number of hydrogen-bond donors (Lipinski definition) is 2. The SMILES string of the molecule is C#CCCCCNS(=O)(=O)c1cc(N)c(F)cc1Br. The van der Waals surface area contributed by atoms with Crippen molar-refractivity contribution in [3.63, 3.8) is 0 Å². The average molecular weight is 349 g/mol. The van der Waals surface area contributed by atoms with E-state index < -0.39 is 15.8 Å². The van der Waals surface area contributed by atoms with E-state index in [0.717, 1.165) is 18.6 Å². The van der Waals surface area contributed by atoms with Gasteiger partial charge in [-0.15, -0.1) is 12.3 Å². The number of nitrogen functional groups attached to an aromatic ring is 1. The molecule has 0 saturated heterocycles. The molecule has 0 aromatic heterocycles. The molecule has 0 amide bonds. The molecule has 3 N–H and O–H groups in total. The van der Waals surface area contributed by atoms with Crippen molar-refractivity contribution in [2.45, 2.75) is 24.2 Å². The fourth-order valence-corrected chi connectivity index (χ4v) is 3.51. The number of nitrogens with two attached hydrogens (primary N) is 1. The minimum atomic E-state index is -3.71. The first kappa shape index (κ1) is 16.0. The van der Waals surface area contributed by atoms with E-state index in [-0.39, 0.29) is 21.6 Å². The van der Waals surface area contributed by atoms with Crippen LogP contribution >= 0.6 is 15.9 Å². The van der Waals surface area contributed by atoms with Gasteiger partial charge in [-0.1, -0.05) is 0 Å². The van der Waals surface area contributed by atoms with Gasteiger partial charge in [0.15, 0.2) is 0 Å². The van der Waals surface area contributed by atoms with Crippen molar-refractivity contribution in [2.75, 3.05) is 12.3 Å². The summed E-state index contributed by atoms with van der Waals surface area (Å²) in [6.07, 6.45) is 7.08. The van der Waals surface area contributed by atoms with E-state index in [4.69, 9.17) is 12.2 Å². The molecule has 0 aliphatic heterocycles. The van der Waals surface area contributed by atoms with Crippen molar-refractivity contribution in [3.05, 3.63) is 22.4 Å². The van der Waals surface area contributed by atoms with Gasteiger partial charge in [-0.3, -0.25) is 0 Å². The number of rotatable bonds is 6. The van der Waals surface area contributed by atoms with Gasteiger partial charge in [0.05, 0.1) is 10.6 Å². The van der Waals surface area contributed by atoms with E-state index >= 15 is 0 Å². The highest BCUT2D eigenvalue weighted by Crippen LogP contribution is 2.26. The highest BCUT2D eigenvalue weighted by Gasteiger charge is 2.19. The van der Waals surface area contributed by atoms with Crippen molar-refractivity contribution in [1.29, 1.82) is 0 Å². The van der Waals surface area contributed by atoms with Gasteiger partial charge in [0, 0.05) is 17.4 Å². The van der Waals surface area contributed by atoms with Gasteiger partial charge in [-0.2, -0.15) is 0 Å². The van der Waals surface area contributed by atoms with Gasteiger partial charge >= 0.3 is 0 Å². The second-order valence-corrected chi connectivity index (χ2v) is 6.45. The number of unbranched alkanes of at least 4 members (excludes halogenated alkanes) is 2. The molecule has 0 saturated carbocycles. The number of halogens is 2. The molecule has 19 heavy (non-hydrogen) atoms. The lowest BCUT2D eigenvalue weighted by Crippen LogP contribution is -2.25. The quantitative estimate of drug-likeness (QED) is 0.470. The summed E-state index contributed by atoms with van der Waals surface area (Å²) in [5.41, 5.74) is 5.16. The third-order valence-electron chi connectivity index (χ3n) is 2.38. The van der Waals surface area contributed by atoms with Crippen LogP contribution in [0, 0.1) is 18.2 Å². The first-order valence-corrected chi connectivity index (χ1v) is 7.83. The smallest absolute Gasteiger partial charge is 0.241 e. The predicted octanol–water partition coefficient (Wildman–Crippen LogP) is 2.25. The summed E-state index contributed by atoms with van der Waals surface area (Å²) in [4.78, 5) is -0.0802. The van der Waals surface area contributed by atoms with Crippen LogP contribution in [0.4, 0.5) is 10.1 Å². The van der Waals surface area contributed by atoms with Gasteiger partial charge in [0.1, 0.15) is 5.82 Å². The van der Waals surface area contributed by atoms with Crippen LogP contribution in [0.25, 0.3) is 0 Å². The fraction of sp³-hybridized carbons (Fsp3) is 0.333. The maximum Gasteiger partial charge on any atom is 0.241 e. The van der Waals surface area contributed by atoms with Crippen LogP contribution in [0.3, 0.4) is 0 Å². The Balaban J connectivity index is 2.78. The molecule has 0 spiro atoms. The summed E-state index contributed by atoms with van der Waals surface area (Å²) in [5.74, 6) is 1.81. The molecule has 7 heteroatoms. The van der Waals surface area contributed by atoms with Crippen LogP contribution in [0.15, 0.2) is 21.5 Å². The maximum atomic E-state index is 13.2. The zero-order valence-corrected chi connectivity index (χ0v) is 12.5. The number of anilines is 1. The van der Waals surface area contributed by atoms with E-state index in [0.29, 0.717) is 12.8 Å².